The maximum atomic E-state index is 12.9. The van der Waals surface area contributed by atoms with E-state index in [1.54, 1.807) is 11.1 Å². The zero-order valence-electron chi connectivity index (χ0n) is 17.5. The third-order valence-electron chi connectivity index (χ3n) is 5.89. The van der Waals surface area contributed by atoms with Crippen molar-refractivity contribution in [1.82, 2.24) is 14.8 Å². The summed E-state index contributed by atoms with van der Waals surface area (Å²) in [4.78, 5) is 33.2. The first kappa shape index (κ1) is 20.2. The van der Waals surface area contributed by atoms with E-state index in [-0.39, 0.29) is 24.2 Å². The monoisotopic (exact) mass is 408 g/mol. The molecule has 7 nitrogen and oxygen atoms in total. The van der Waals surface area contributed by atoms with E-state index in [1.807, 2.05) is 48.2 Å². The molecule has 158 valence electrons. The number of aryl methyl sites for hydroxylation is 1. The predicted molar refractivity (Wildman–Crippen MR) is 115 cm³/mol. The lowest BCUT2D eigenvalue weighted by molar-refractivity contribution is 0.0798. The first-order valence-corrected chi connectivity index (χ1v) is 10.6. The molecule has 2 unspecified atom stereocenters. The van der Waals surface area contributed by atoms with Gasteiger partial charge in [-0.25, -0.2) is 9.59 Å². The standard InChI is InChI=1S/C23H28N4O3/c1-3-4-11-30-23(29)27-15-18-13-19(27)14-26(18)22(28)25-17-9-8-16(2)20(12-17)21-7-5-6-10-24-21/h5-10,12,18-19H,3-4,11,13-15H2,1-2H3,(H,25,28). The summed E-state index contributed by atoms with van der Waals surface area (Å²) in [6.07, 6.45) is 4.19. The van der Waals surface area contributed by atoms with Crippen LogP contribution in [0.4, 0.5) is 15.3 Å². The van der Waals surface area contributed by atoms with Crippen LogP contribution in [0.25, 0.3) is 11.3 Å². The molecule has 2 aromatic rings. The van der Waals surface area contributed by atoms with Crippen molar-refractivity contribution in [3.05, 3.63) is 48.2 Å². The van der Waals surface area contributed by atoms with Crippen molar-refractivity contribution in [3.63, 3.8) is 0 Å². The van der Waals surface area contributed by atoms with Crippen molar-refractivity contribution >= 4 is 17.8 Å². The zero-order valence-corrected chi connectivity index (χ0v) is 17.5. The molecule has 4 rings (SSSR count). The number of fused-ring (bicyclic) bond motifs is 2. The van der Waals surface area contributed by atoms with Crippen LogP contribution in [0.2, 0.25) is 0 Å². The van der Waals surface area contributed by atoms with Gasteiger partial charge in [0.2, 0.25) is 0 Å². The Labute approximate surface area is 177 Å². The first-order chi connectivity index (χ1) is 14.6. The maximum Gasteiger partial charge on any atom is 0.410 e. The molecule has 1 aromatic carbocycles. The van der Waals surface area contributed by atoms with Crippen LogP contribution in [0.3, 0.4) is 0 Å². The first-order valence-electron chi connectivity index (χ1n) is 10.6. The number of pyridine rings is 1. The second-order valence-electron chi connectivity index (χ2n) is 7.99. The number of hydrogen-bond acceptors (Lipinski definition) is 4. The number of nitrogens with zero attached hydrogens (tertiary/aromatic N) is 3. The number of urea groups is 1. The van der Waals surface area contributed by atoms with E-state index >= 15 is 0 Å². The van der Waals surface area contributed by atoms with Crippen LogP contribution < -0.4 is 5.32 Å². The quantitative estimate of drug-likeness (QED) is 0.749. The largest absolute Gasteiger partial charge is 0.449 e. The summed E-state index contributed by atoms with van der Waals surface area (Å²) in [6.45, 7) is 5.63. The fraction of sp³-hybridized carbons (Fsp3) is 0.435. The molecule has 3 amide bonds. The van der Waals surface area contributed by atoms with Gasteiger partial charge in [0, 0.05) is 30.5 Å². The molecule has 2 aliphatic heterocycles. The van der Waals surface area contributed by atoms with E-state index < -0.39 is 0 Å². The van der Waals surface area contributed by atoms with Crippen molar-refractivity contribution in [2.24, 2.45) is 0 Å². The molecule has 7 heteroatoms. The smallest absolute Gasteiger partial charge is 0.410 e. The van der Waals surface area contributed by atoms with Gasteiger partial charge in [-0.2, -0.15) is 0 Å². The van der Waals surface area contributed by atoms with Crippen LogP contribution >= 0.6 is 0 Å². The Hall–Kier alpha value is -3.09. The number of hydrogen-bond donors (Lipinski definition) is 1. The number of unbranched alkanes of at least 4 members (excludes halogenated alkanes) is 1. The molecule has 2 bridgehead atoms. The molecule has 0 spiro atoms. The molecule has 0 aliphatic carbocycles. The Kier molecular flexibility index (Phi) is 5.88. The number of carbonyl (C=O) groups excluding carboxylic acids is 2. The number of carbonyl (C=O) groups is 2. The molecule has 2 fully saturated rings. The van der Waals surface area contributed by atoms with Crippen LogP contribution in [-0.4, -0.2) is 58.7 Å². The highest BCUT2D eigenvalue weighted by atomic mass is 16.6. The van der Waals surface area contributed by atoms with Crippen molar-refractivity contribution in [3.8, 4) is 11.3 Å². The molecule has 0 saturated carbocycles. The van der Waals surface area contributed by atoms with Crippen LogP contribution in [0.1, 0.15) is 31.7 Å². The van der Waals surface area contributed by atoms with Crippen LogP contribution in [0, 0.1) is 6.92 Å². The third-order valence-corrected chi connectivity index (χ3v) is 5.89. The van der Waals surface area contributed by atoms with Gasteiger partial charge in [-0.3, -0.25) is 4.98 Å². The summed E-state index contributed by atoms with van der Waals surface area (Å²) in [5.74, 6) is 0. The van der Waals surface area contributed by atoms with Crippen LogP contribution in [0.15, 0.2) is 42.6 Å². The maximum absolute atomic E-state index is 12.9. The highest BCUT2D eigenvalue weighted by molar-refractivity contribution is 5.91. The molecule has 0 radical (unpaired) electrons. The second-order valence-corrected chi connectivity index (χ2v) is 7.99. The lowest BCUT2D eigenvalue weighted by Crippen LogP contribution is -2.51. The van der Waals surface area contributed by atoms with E-state index in [1.165, 1.54) is 0 Å². The van der Waals surface area contributed by atoms with Gasteiger partial charge >= 0.3 is 12.1 Å². The Bertz CT molecular complexity index is 918. The normalized spacial score (nSPS) is 19.8. The van der Waals surface area contributed by atoms with E-state index in [0.717, 1.165) is 41.8 Å². The molecule has 2 atom stereocenters. The fourth-order valence-electron chi connectivity index (χ4n) is 4.22. The van der Waals surface area contributed by atoms with Gasteiger partial charge in [-0.1, -0.05) is 25.5 Å². The minimum Gasteiger partial charge on any atom is -0.449 e. The fourth-order valence-corrected chi connectivity index (χ4v) is 4.22. The van der Waals surface area contributed by atoms with Crippen molar-refractivity contribution in [1.29, 1.82) is 0 Å². The third kappa shape index (κ3) is 4.10. The molecule has 2 saturated heterocycles. The lowest BCUT2D eigenvalue weighted by atomic mass is 10.0. The number of ether oxygens (including phenoxy) is 1. The molecular formula is C23H28N4O3. The molecular weight excluding hydrogens is 380 g/mol. The minimum atomic E-state index is -0.255. The van der Waals surface area contributed by atoms with Gasteiger partial charge in [0.15, 0.2) is 0 Å². The van der Waals surface area contributed by atoms with Gasteiger partial charge in [0.05, 0.1) is 24.4 Å². The molecule has 1 N–H and O–H groups in total. The van der Waals surface area contributed by atoms with E-state index in [0.29, 0.717) is 19.7 Å². The second kappa shape index (κ2) is 8.73. The number of amides is 3. The van der Waals surface area contributed by atoms with Gasteiger partial charge in [-0.15, -0.1) is 0 Å². The topological polar surface area (TPSA) is 74.8 Å². The molecule has 2 aliphatic rings. The van der Waals surface area contributed by atoms with Gasteiger partial charge in [0.25, 0.3) is 0 Å². The zero-order chi connectivity index (χ0) is 21.1. The van der Waals surface area contributed by atoms with Crippen molar-refractivity contribution in [2.45, 2.75) is 45.2 Å². The highest BCUT2D eigenvalue weighted by Gasteiger charge is 2.47. The number of benzene rings is 1. The van der Waals surface area contributed by atoms with E-state index in [2.05, 4.69) is 17.2 Å². The Morgan fingerprint density at radius 2 is 1.97 bits per heavy atom. The van der Waals surface area contributed by atoms with E-state index in [9.17, 15) is 9.59 Å². The number of aromatic nitrogens is 1. The predicted octanol–water partition coefficient (Wildman–Crippen LogP) is 4.28. The number of anilines is 1. The van der Waals surface area contributed by atoms with Crippen LogP contribution in [0.5, 0.6) is 0 Å². The minimum absolute atomic E-state index is 0.0365. The van der Waals surface area contributed by atoms with E-state index in [4.69, 9.17) is 4.74 Å². The Morgan fingerprint density at radius 3 is 2.67 bits per heavy atom. The SMILES string of the molecule is CCCCOC(=O)N1CC2CC1CN2C(=O)Nc1ccc(C)c(-c2ccccn2)c1. The average Bonchev–Trinajstić information content (AvgIpc) is 3.37. The Balaban J connectivity index is 1.38. The van der Waals surface area contributed by atoms with Gasteiger partial charge < -0.3 is 19.9 Å². The lowest BCUT2D eigenvalue weighted by Gasteiger charge is -2.33. The number of likely N-dealkylation sites (tertiary alicyclic amines) is 2. The molecule has 30 heavy (non-hydrogen) atoms. The number of nitrogens with one attached hydrogen (secondary N) is 1. The summed E-state index contributed by atoms with van der Waals surface area (Å²) >= 11 is 0. The van der Waals surface area contributed by atoms with Gasteiger partial charge in [-0.05, 0) is 49.6 Å². The summed E-state index contributed by atoms with van der Waals surface area (Å²) in [5.41, 5.74) is 3.72. The number of piperazine rings is 1. The summed E-state index contributed by atoms with van der Waals surface area (Å²) < 4.78 is 5.34. The summed E-state index contributed by atoms with van der Waals surface area (Å²) in [6, 6.07) is 11.6. The van der Waals surface area contributed by atoms with Gasteiger partial charge in [0.1, 0.15) is 0 Å². The number of rotatable bonds is 5. The Morgan fingerprint density at radius 1 is 1.17 bits per heavy atom. The average molecular weight is 409 g/mol. The summed E-state index contributed by atoms with van der Waals surface area (Å²) in [5, 5.41) is 3.02. The highest BCUT2D eigenvalue weighted by Crippen LogP contribution is 2.32. The van der Waals surface area contributed by atoms with Crippen molar-refractivity contribution in [2.75, 3.05) is 25.0 Å². The summed E-state index contributed by atoms with van der Waals surface area (Å²) in [7, 11) is 0. The molecule has 1 aromatic heterocycles. The van der Waals surface area contributed by atoms with Crippen LogP contribution in [-0.2, 0) is 4.74 Å². The van der Waals surface area contributed by atoms with Crippen molar-refractivity contribution < 1.29 is 14.3 Å². The molecule has 3 heterocycles.